The summed E-state index contributed by atoms with van der Waals surface area (Å²) in [5.41, 5.74) is 1.92. The molecule has 1 rings (SSSR count). The van der Waals surface area contributed by atoms with Crippen molar-refractivity contribution in [3.8, 4) is 6.07 Å². The van der Waals surface area contributed by atoms with E-state index in [9.17, 15) is 4.79 Å². The molecule has 0 bridgehead atoms. The maximum Gasteiger partial charge on any atom is 0.349 e. The normalized spacial score (nSPS) is 11.1. The van der Waals surface area contributed by atoms with Crippen LogP contribution in [0.15, 0.2) is 29.8 Å². The van der Waals surface area contributed by atoms with Gasteiger partial charge in [-0.15, -0.1) is 0 Å². The van der Waals surface area contributed by atoms with Crippen LogP contribution in [0.1, 0.15) is 25.0 Å². The summed E-state index contributed by atoms with van der Waals surface area (Å²) in [5.74, 6) is -0.580. The van der Waals surface area contributed by atoms with Gasteiger partial charge in [0.1, 0.15) is 11.6 Å². The summed E-state index contributed by atoms with van der Waals surface area (Å²) >= 11 is 0. The van der Waals surface area contributed by atoms with E-state index in [0.29, 0.717) is 0 Å². The number of hydrogen-bond donors (Lipinski definition) is 0. The van der Waals surface area contributed by atoms with Crippen LogP contribution >= 0.6 is 0 Å². The molecular weight excluding hydrogens is 214 g/mol. The summed E-state index contributed by atoms with van der Waals surface area (Å²) < 4.78 is 4.98. The minimum atomic E-state index is -0.580. The highest BCUT2D eigenvalue weighted by Crippen LogP contribution is 2.10. The Morgan fingerprint density at radius 3 is 2.71 bits per heavy atom. The molecule has 0 fully saturated rings. The zero-order chi connectivity index (χ0) is 12.8. The van der Waals surface area contributed by atoms with Crippen molar-refractivity contribution in [2.75, 3.05) is 0 Å². The third-order valence-electron chi connectivity index (χ3n) is 2.04. The van der Waals surface area contributed by atoms with Crippen LogP contribution in [0, 0.1) is 18.3 Å². The van der Waals surface area contributed by atoms with E-state index in [4.69, 9.17) is 10.00 Å². The van der Waals surface area contributed by atoms with Crippen LogP contribution < -0.4 is 0 Å². The van der Waals surface area contributed by atoms with Gasteiger partial charge >= 0.3 is 5.97 Å². The number of hydrogen-bond acceptors (Lipinski definition) is 3. The molecule has 3 heteroatoms. The average molecular weight is 229 g/mol. The van der Waals surface area contributed by atoms with Crippen molar-refractivity contribution in [1.29, 1.82) is 5.26 Å². The molecule has 1 aromatic carbocycles. The summed E-state index contributed by atoms with van der Waals surface area (Å²) in [6.07, 6.45) is 1.31. The third-order valence-corrected chi connectivity index (χ3v) is 2.04. The van der Waals surface area contributed by atoms with Gasteiger partial charge in [0.15, 0.2) is 0 Å². The van der Waals surface area contributed by atoms with E-state index >= 15 is 0 Å². The van der Waals surface area contributed by atoms with Gasteiger partial charge in [-0.25, -0.2) is 4.79 Å². The Kier molecular flexibility index (Phi) is 4.47. The maximum absolute atomic E-state index is 11.6. The molecule has 0 aromatic heterocycles. The Labute approximate surface area is 101 Å². The minimum Gasteiger partial charge on any atom is -0.459 e. The largest absolute Gasteiger partial charge is 0.459 e. The fraction of sp³-hybridized carbons (Fsp3) is 0.286. The molecule has 0 radical (unpaired) electrons. The summed E-state index contributed by atoms with van der Waals surface area (Å²) in [6.45, 7) is 5.45. The summed E-state index contributed by atoms with van der Waals surface area (Å²) in [7, 11) is 0. The number of carbonyl (C=O) groups excluding carboxylic acids is 1. The van der Waals surface area contributed by atoms with Gasteiger partial charge in [-0.1, -0.05) is 29.8 Å². The van der Waals surface area contributed by atoms with E-state index in [-0.39, 0.29) is 11.7 Å². The van der Waals surface area contributed by atoms with Crippen molar-refractivity contribution in [3.63, 3.8) is 0 Å². The number of nitrogens with zero attached hydrogens (tertiary/aromatic N) is 1. The number of nitriles is 1. The van der Waals surface area contributed by atoms with Crippen LogP contribution in [-0.4, -0.2) is 12.1 Å². The molecule has 1 aromatic rings. The molecule has 0 spiro atoms. The molecule has 0 aliphatic rings. The van der Waals surface area contributed by atoms with Crippen LogP contribution in [-0.2, 0) is 9.53 Å². The number of rotatable bonds is 3. The van der Waals surface area contributed by atoms with Crippen LogP contribution in [0.5, 0.6) is 0 Å². The van der Waals surface area contributed by atoms with Crippen LogP contribution in [0.3, 0.4) is 0 Å². The second-order valence-corrected chi connectivity index (χ2v) is 4.04. The van der Waals surface area contributed by atoms with Gasteiger partial charge in [0.25, 0.3) is 0 Å². The van der Waals surface area contributed by atoms with E-state index in [0.717, 1.165) is 11.1 Å². The van der Waals surface area contributed by atoms with E-state index in [1.807, 2.05) is 37.3 Å². The SMILES string of the molecule is Cc1cccc(/C=C(\C#N)C(=O)OC(C)C)c1. The zero-order valence-corrected chi connectivity index (χ0v) is 10.2. The molecule has 88 valence electrons. The van der Waals surface area contributed by atoms with Crippen LogP contribution in [0.2, 0.25) is 0 Å². The first-order valence-electron chi connectivity index (χ1n) is 5.42. The molecule has 0 saturated heterocycles. The number of benzene rings is 1. The molecule has 0 unspecified atom stereocenters. The number of esters is 1. The Hall–Kier alpha value is -2.08. The number of ether oxygens (including phenoxy) is 1. The lowest BCUT2D eigenvalue weighted by Crippen LogP contribution is -2.12. The fourth-order valence-corrected chi connectivity index (χ4v) is 1.34. The Balaban J connectivity index is 2.95. The lowest BCUT2D eigenvalue weighted by Gasteiger charge is -2.06. The van der Waals surface area contributed by atoms with Crippen molar-refractivity contribution in [1.82, 2.24) is 0 Å². The molecule has 0 heterocycles. The molecule has 0 aliphatic carbocycles. The topological polar surface area (TPSA) is 50.1 Å². The Morgan fingerprint density at radius 2 is 2.18 bits per heavy atom. The average Bonchev–Trinajstić information content (AvgIpc) is 2.24. The van der Waals surface area contributed by atoms with Crippen molar-refractivity contribution in [2.24, 2.45) is 0 Å². The fourth-order valence-electron chi connectivity index (χ4n) is 1.34. The summed E-state index contributed by atoms with van der Waals surface area (Å²) in [5, 5.41) is 8.92. The van der Waals surface area contributed by atoms with E-state index in [1.165, 1.54) is 6.08 Å². The van der Waals surface area contributed by atoms with Gasteiger partial charge in [-0.2, -0.15) is 5.26 Å². The summed E-state index contributed by atoms with van der Waals surface area (Å²) in [4.78, 5) is 11.6. The first-order valence-corrected chi connectivity index (χ1v) is 5.42. The van der Waals surface area contributed by atoms with Gasteiger partial charge in [0.05, 0.1) is 6.10 Å². The first kappa shape index (κ1) is 13.0. The lowest BCUT2D eigenvalue weighted by molar-refractivity contribution is -0.142. The molecule has 0 saturated carbocycles. The quantitative estimate of drug-likeness (QED) is 0.455. The molecule has 0 N–H and O–H groups in total. The number of carbonyl (C=O) groups is 1. The van der Waals surface area contributed by atoms with Crippen molar-refractivity contribution >= 4 is 12.0 Å². The van der Waals surface area contributed by atoms with Crippen molar-refractivity contribution < 1.29 is 9.53 Å². The highest BCUT2D eigenvalue weighted by Gasteiger charge is 2.12. The third kappa shape index (κ3) is 4.12. The molecule has 0 atom stereocenters. The molecule has 0 amide bonds. The van der Waals surface area contributed by atoms with E-state index < -0.39 is 5.97 Å². The minimum absolute atomic E-state index is 0.0179. The van der Waals surface area contributed by atoms with Gasteiger partial charge in [0.2, 0.25) is 0 Å². The predicted molar refractivity (Wildman–Crippen MR) is 66.0 cm³/mol. The number of aryl methyl sites for hydroxylation is 1. The molecule has 0 aliphatic heterocycles. The Morgan fingerprint density at radius 1 is 1.47 bits per heavy atom. The Bertz CT molecular complexity index is 481. The van der Waals surface area contributed by atoms with Gasteiger partial charge in [-0.05, 0) is 32.4 Å². The summed E-state index contributed by atoms with van der Waals surface area (Å²) in [6, 6.07) is 9.44. The van der Waals surface area contributed by atoms with E-state index in [2.05, 4.69) is 0 Å². The van der Waals surface area contributed by atoms with Gasteiger partial charge < -0.3 is 4.74 Å². The van der Waals surface area contributed by atoms with Crippen molar-refractivity contribution in [3.05, 3.63) is 41.0 Å². The van der Waals surface area contributed by atoms with Crippen LogP contribution in [0.4, 0.5) is 0 Å². The van der Waals surface area contributed by atoms with Gasteiger partial charge in [0, 0.05) is 0 Å². The predicted octanol–water partition coefficient (Wildman–Crippen LogP) is 2.85. The molecule has 3 nitrogen and oxygen atoms in total. The van der Waals surface area contributed by atoms with Crippen molar-refractivity contribution in [2.45, 2.75) is 26.9 Å². The zero-order valence-electron chi connectivity index (χ0n) is 10.2. The van der Waals surface area contributed by atoms with E-state index in [1.54, 1.807) is 13.8 Å². The monoisotopic (exact) mass is 229 g/mol. The lowest BCUT2D eigenvalue weighted by atomic mass is 10.1. The van der Waals surface area contributed by atoms with Gasteiger partial charge in [-0.3, -0.25) is 0 Å². The highest BCUT2D eigenvalue weighted by molar-refractivity contribution is 5.97. The highest BCUT2D eigenvalue weighted by atomic mass is 16.5. The standard InChI is InChI=1S/C14H15NO2/c1-10(2)17-14(16)13(9-15)8-12-6-4-5-11(3)7-12/h4-8,10H,1-3H3/b13-8+. The first-order chi connectivity index (χ1) is 8.02. The molecule has 17 heavy (non-hydrogen) atoms. The maximum atomic E-state index is 11.6. The smallest absolute Gasteiger partial charge is 0.349 e. The second kappa shape index (κ2) is 5.86. The second-order valence-electron chi connectivity index (χ2n) is 4.04. The molecular formula is C14H15NO2. The van der Waals surface area contributed by atoms with Crippen LogP contribution in [0.25, 0.3) is 6.08 Å².